The largest absolute Gasteiger partial charge is 0.376 e. The molecule has 18 heavy (non-hydrogen) atoms. The summed E-state index contributed by atoms with van der Waals surface area (Å²) in [5, 5.41) is 7.50. The van der Waals surface area contributed by atoms with Gasteiger partial charge in [-0.2, -0.15) is 11.8 Å². The molecule has 2 saturated heterocycles. The molecule has 4 nitrogen and oxygen atoms in total. The molecule has 2 rings (SSSR count). The van der Waals surface area contributed by atoms with Gasteiger partial charge in [-0.1, -0.05) is 0 Å². The average Bonchev–Trinajstić information content (AvgIpc) is 3.02. The van der Waals surface area contributed by atoms with Crippen molar-refractivity contribution >= 4 is 41.7 Å². The number of hydrogen-bond acceptors (Lipinski definition) is 3. The second-order valence-electron chi connectivity index (χ2n) is 4.60. The molecular formula is C12H24IN3OS. The summed E-state index contributed by atoms with van der Waals surface area (Å²) in [5.74, 6) is 2.22. The minimum Gasteiger partial charge on any atom is -0.376 e. The monoisotopic (exact) mass is 385 g/mol. The van der Waals surface area contributed by atoms with Crippen LogP contribution in [0.2, 0.25) is 0 Å². The van der Waals surface area contributed by atoms with Crippen molar-refractivity contribution in [2.75, 3.05) is 32.5 Å². The van der Waals surface area contributed by atoms with Gasteiger partial charge in [0.1, 0.15) is 0 Å². The van der Waals surface area contributed by atoms with Crippen LogP contribution < -0.4 is 10.6 Å². The highest BCUT2D eigenvalue weighted by molar-refractivity contribution is 14.0. The molecule has 0 amide bonds. The number of thioether (sulfide) groups is 1. The molecule has 106 valence electrons. The van der Waals surface area contributed by atoms with Crippen LogP contribution in [0.3, 0.4) is 0 Å². The van der Waals surface area contributed by atoms with E-state index in [4.69, 9.17) is 4.74 Å². The van der Waals surface area contributed by atoms with E-state index in [2.05, 4.69) is 27.4 Å². The summed E-state index contributed by atoms with van der Waals surface area (Å²) in [5.41, 5.74) is 0. The van der Waals surface area contributed by atoms with Gasteiger partial charge >= 0.3 is 0 Å². The Bertz CT molecular complexity index is 232. The lowest BCUT2D eigenvalue weighted by Gasteiger charge is -2.16. The fourth-order valence-corrected chi connectivity index (χ4v) is 3.45. The summed E-state index contributed by atoms with van der Waals surface area (Å²) >= 11 is 2.07. The maximum absolute atomic E-state index is 5.58. The normalized spacial score (nSPS) is 27.9. The third kappa shape index (κ3) is 5.52. The van der Waals surface area contributed by atoms with E-state index < -0.39 is 0 Å². The fraction of sp³-hybridized carbons (Fsp3) is 0.917. The topological polar surface area (TPSA) is 45.7 Å². The van der Waals surface area contributed by atoms with Crippen LogP contribution in [0, 0.1) is 0 Å². The first-order valence-corrected chi connectivity index (χ1v) is 7.61. The van der Waals surface area contributed by atoms with Crippen molar-refractivity contribution in [3.63, 3.8) is 0 Å². The Labute approximate surface area is 131 Å². The molecule has 0 aromatic heterocycles. The SMILES string of the molecule is CN=C(NCC1CCCO1)NCC1CCCS1.I. The first kappa shape index (κ1) is 16.4. The Morgan fingerprint density at radius 2 is 2.11 bits per heavy atom. The highest BCUT2D eigenvalue weighted by Gasteiger charge is 2.17. The molecule has 0 aromatic rings. The Morgan fingerprint density at radius 3 is 2.72 bits per heavy atom. The van der Waals surface area contributed by atoms with Crippen molar-refractivity contribution in [2.24, 2.45) is 4.99 Å². The average molecular weight is 385 g/mol. The maximum Gasteiger partial charge on any atom is 0.191 e. The molecule has 0 bridgehead atoms. The lowest BCUT2D eigenvalue weighted by atomic mass is 10.2. The predicted octanol–water partition coefficient (Wildman–Crippen LogP) is 1.84. The lowest BCUT2D eigenvalue weighted by Crippen LogP contribution is -2.43. The number of halogens is 1. The van der Waals surface area contributed by atoms with Crippen molar-refractivity contribution < 1.29 is 4.74 Å². The van der Waals surface area contributed by atoms with E-state index in [9.17, 15) is 0 Å². The Kier molecular flexibility index (Phi) is 8.41. The number of nitrogens with one attached hydrogen (secondary N) is 2. The molecule has 6 heteroatoms. The molecule has 2 aliphatic heterocycles. The van der Waals surface area contributed by atoms with Gasteiger partial charge in [0, 0.05) is 32.0 Å². The molecule has 2 unspecified atom stereocenters. The summed E-state index contributed by atoms with van der Waals surface area (Å²) in [6.07, 6.45) is 5.42. The van der Waals surface area contributed by atoms with E-state index in [0.29, 0.717) is 6.10 Å². The van der Waals surface area contributed by atoms with Crippen molar-refractivity contribution in [2.45, 2.75) is 37.0 Å². The molecule has 2 fully saturated rings. The van der Waals surface area contributed by atoms with E-state index in [0.717, 1.165) is 30.9 Å². The highest BCUT2D eigenvalue weighted by Crippen LogP contribution is 2.25. The molecule has 0 radical (unpaired) electrons. The van der Waals surface area contributed by atoms with Crippen LogP contribution in [0.4, 0.5) is 0 Å². The van der Waals surface area contributed by atoms with Gasteiger partial charge < -0.3 is 15.4 Å². The second kappa shape index (κ2) is 9.25. The maximum atomic E-state index is 5.58. The zero-order chi connectivity index (χ0) is 11.9. The van der Waals surface area contributed by atoms with Gasteiger partial charge in [-0.15, -0.1) is 24.0 Å². The number of guanidine groups is 1. The molecule has 2 atom stereocenters. The van der Waals surface area contributed by atoms with Crippen LogP contribution in [0.5, 0.6) is 0 Å². The molecule has 0 saturated carbocycles. The van der Waals surface area contributed by atoms with Crippen molar-refractivity contribution in [1.82, 2.24) is 10.6 Å². The van der Waals surface area contributed by atoms with Crippen molar-refractivity contribution in [1.29, 1.82) is 0 Å². The van der Waals surface area contributed by atoms with Gasteiger partial charge in [0.15, 0.2) is 5.96 Å². The Balaban J connectivity index is 0.00000162. The van der Waals surface area contributed by atoms with Gasteiger partial charge in [0.25, 0.3) is 0 Å². The zero-order valence-electron chi connectivity index (χ0n) is 11.0. The van der Waals surface area contributed by atoms with Crippen molar-refractivity contribution in [3.05, 3.63) is 0 Å². The van der Waals surface area contributed by atoms with Crippen LogP contribution in [0.1, 0.15) is 25.7 Å². The molecule has 0 spiro atoms. The zero-order valence-corrected chi connectivity index (χ0v) is 14.1. The van der Waals surface area contributed by atoms with E-state index >= 15 is 0 Å². The third-order valence-electron chi connectivity index (χ3n) is 3.27. The Morgan fingerprint density at radius 1 is 1.28 bits per heavy atom. The smallest absolute Gasteiger partial charge is 0.191 e. The third-order valence-corrected chi connectivity index (χ3v) is 4.66. The minimum atomic E-state index is 0. The summed E-state index contributed by atoms with van der Waals surface area (Å²) in [6.45, 7) is 2.81. The lowest BCUT2D eigenvalue weighted by molar-refractivity contribution is 0.114. The number of nitrogens with zero attached hydrogens (tertiary/aromatic N) is 1. The molecular weight excluding hydrogens is 361 g/mol. The molecule has 2 heterocycles. The molecule has 0 aromatic carbocycles. The number of aliphatic imine (C=N–C) groups is 1. The highest BCUT2D eigenvalue weighted by atomic mass is 127. The van der Waals surface area contributed by atoms with Gasteiger partial charge in [-0.05, 0) is 31.4 Å². The summed E-state index contributed by atoms with van der Waals surface area (Å²) in [4.78, 5) is 4.24. The van der Waals surface area contributed by atoms with Crippen LogP contribution in [0.25, 0.3) is 0 Å². The number of rotatable bonds is 4. The van der Waals surface area contributed by atoms with E-state index in [1.807, 2.05) is 7.05 Å². The molecule has 2 N–H and O–H groups in total. The van der Waals surface area contributed by atoms with Crippen LogP contribution in [0.15, 0.2) is 4.99 Å². The van der Waals surface area contributed by atoms with Gasteiger partial charge in [0.05, 0.1) is 6.10 Å². The van der Waals surface area contributed by atoms with Gasteiger partial charge in [-0.25, -0.2) is 0 Å². The summed E-state index contributed by atoms with van der Waals surface area (Å²) < 4.78 is 5.58. The Hall–Kier alpha value is 0.310. The van der Waals surface area contributed by atoms with Crippen LogP contribution in [-0.2, 0) is 4.74 Å². The second-order valence-corrected chi connectivity index (χ2v) is 6.01. The first-order chi connectivity index (χ1) is 8.38. The summed E-state index contributed by atoms with van der Waals surface area (Å²) in [7, 11) is 1.83. The number of ether oxygens (including phenoxy) is 1. The standard InChI is InChI=1S/C12H23N3OS.HI/c1-13-12(14-8-10-4-2-6-16-10)15-9-11-5-3-7-17-11;/h10-11H,2-9H2,1H3,(H2,13,14,15);1H. The molecule has 2 aliphatic rings. The predicted molar refractivity (Wildman–Crippen MR) is 89.2 cm³/mol. The van der Waals surface area contributed by atoms with E-state index in [1.54, 1.807) is 0 Å². The van der Waals surface area contributed by atoms with Crippen LogP contribution >= 0.6 is 35.7 Å². The molecule has 0 aliphatic carbocycles. The van der Waals surface area contributed by atoms with E-state index in [-0.39, 0.29) is 24.0 Å². The van der Waals surface area contributed by atoms with Crippen LogP contribution in [-0.4, -0.2) is 49.8 Å². The van der Waals surface area contributed by atoms with Gasteiger partial charge in [-0.3, -0.25) is 4.99 Å². The van der Waals surface area contributed by atoms with E-state index in [1.165, 1.54) is 31.4 Å². The number of hydrogen-bond donors (Lipinski definition) is 2. The minimum absolute atomic E-state index is 0. The fourth-order valence-electron chi connectivity index (χ4n) is 2.25. The quantitative estimate of drug-likeness (QED) is 0.441. The van der Waals surface area contributed by atoms with Gasteiger partial charge in [0.2, 0.25) is 0 Å². The summed E-state index contributed by atoms with van der Waals surface area (Å²) in [6, 6.07) is 0. The first-order valence-electron chi connectivity index (χ1n) is 6.56. The van der Waals surface area contributed by atoms with Crippen molar-refractivity contribution in [3.8, 4) is 0 Å².